The van der Waals surface area contributed by atoms with Crippen molar-refractivity contribution in [3.63, 3.8) is 0 Å². The molecule has 0 bridgehead atoms. The summed E-state index contributed by atoms with van der Waals surface area (Å²) in [6.07, 6.45) is 0. The van der Waals surface area contributed by atoms with Crippen LogP contribution in [0.4, 0.5) is 0 Å². The molecule has 0 N–H and O–H groups in total. The van der Waals surface area contributed by atoms with Gasteiger partial charge in [0.15, 0.2) is 0 Å². The molecule has 0 saturated carbocycles. The van der Waals surface area contributed by atoms with E-state index in [1.54, 1.807) is 0 Å². The summed E-state index contributed by atoms with van der Waals surface area (Å²) in [5, 5.41) is 0.201. The lowest BCUT2D eigenvalue weighted by Gasteiger charge is -1.92. The fraction of sp³-hybridized carbons (Fsp3) is 1.00. The molecule has 0 amide bonds. The third kappa shape index (κ3) is 3.01. The summed E-state index contributed by atoms with van der Waals surface area (Å²) >= 11 is 10.9. The molecule has 0 nitrogen and oxygen atoms in total. The monoisotopic (exact) mass is 140 g/mol. The summed E-state index contributed by atoms with van der Waals surface area (Å²) in [6, 6.07) is 0. The topological polar surface area (TPSA) is 0 Å². The molecule has 0 aliphatic heterocycles. The quantitative estimate of drug-likeness (QED) is 0.404. The minimum Gasteiger partial charge on any atom is -0.126 e. The van der Waals surface area contributed by atoms with Crippen molar-refractivity contribution in [1.29, 1.82) is 0 Å². The fourth-order valence-electron chi connectivity index (χ4n) is 0.0772. The Morgan fingerprint density at radius 3 is 2.33 bits per heavy atom. The second kappa shape index (κ2) is 3.97. The molecule has 0 fully saturated rings. The standard InChI is InChI=1S/C3H6Cl2Si/c1-6-3(5)2-4/h3H,2H2,1H3. The maximum absolute atomic E-state index is 5.53. The summed E-state index contributed by atoms with van der Waals surface area (Å²) in [5.41, 5.74) is 0. The van der Waals surface area contributed by atoms with Crippen molar-refractivity contribution in [1.82, 2.24) is 0 Å². The average molecular weight is 141 g/mol. The van der Waals surface area contributed by atoms with Gasteiger partial charge in [0.25, 0.3) is 0 Å². The third-order valence-electron chi connectivity index (χ3n) is 0.449. The Balaban J connectivity index is 2.75. The van der Waals surface area contributed by atoms with Crippen LogP contribution in [0, 0.1) is 0 Å². The van der Waals surface area contributed by atoms with E-state index in [0.717, 1.165) is 9.52 Å². The molecular weight excluding hydrogens is 135 g/mol. The van der Waals surface area contributed by atoms with Crippen molar-refractivity contribution < 1.29 is 0 Å². The zero-order valence-corrected chi connectivity index (χ0v) is 6.05. The molecule has 0 spiro atoms. The average Bonchev–Trinajstić information content (AvgIpc) is 1.65. The van der Waals surface area contributed by atoms with Crippen LogP contribution in [0.1, 0.15) is 0 Å². The first-order chi connectivity index (χ1) is 2.81. The van der Waals surface area contributed by atoms with Crippen LogP contribution in [0.3, 0.4) is 0 Å². The molecule has 0 heterocycles. The van der Waals surface area contributed by atoms with Gasteiger partial charge in [-0.05, 0) is 0 Å². The van der Waals surface area contributed by atoms with Gasteiger partial charge in [-0.2, -0.15) is 0 Å². The number of hydrogen-bond donors (Lipinski definition) is 0. The second-order valence-electron chi connectivity index (χ2n) is 0.911. The van der Waals surface area contributed by atoms with Gasteiger partial charge >= 0.3 is 0 Å². The predicted octanol–water partition coefficient (Wildman–Crippen LogP) is 1.54. The Kier molecular flexibility index (Phi) is 4.50. The highest BCUT2D eigenvalue weighted by Gasteiger charge is 1.94. The lowest BCUT2D eigenvalue weighted by molar-refractivity contribution is 1.37. The first kappa shape index (κ1) is 6.80. The van der Waals surface area contributed by atoms with Crippen LogP contribution in [0.15, 0.2) is 0 Å². The fourth-order valence-corrected chi connectivity index (χ4v) is 0.694. The van der Waals surface area contributed by atoms with E-state index in [9.17, 15) is 0 Å². The summed E-state index contributed by atoms with van der Waals surface area (Å²) in [7, 11) is 0.765. The molecule has 36 valence electrons. The van der Waals surface area contributed by atoms with Crippen LogP contribution in [-0.2, 0) is 0 Å². The molecule has 2 radical (unpaired) electrons. The van der Waals surface area contributed by atoms with E-state index in [1.165, 1.54) is 0 Å². The van der Waals surface area contributed by atoms with E-state index < -0.39 is 0 Å². The van der Waals surface area contributed by atoms with Crippen molar-refractivity contribution >= 4 is 32.7 Å². The Hall–Kier alpha value is 0.797. The minimum absolute atomic E-state index is 0.201. The van der Waals surface area contributed by atoms with Gasteiger partial charge in [0.1, 0.15) is 0 Å². The Morgan fingerprint density at radius 2 is 2.33 bits per heavy atom. The van der Waals surface area contributed by atoms with Crippen LogP contribution < -0.4 is 0 Å². The van der Waals surface area contributed by atoms with Gasteiger partial charge in [-0.25, -0.2) is 0 Å². The van der Waals surface area contributed by atoms with E-state index in [-0.39, 0.29) is 5.00 Å². The highest BCUT2D eigenvalue weighted by molar-refractivity contribution is 6.54. The van der Waals surface area contributed by atoms with Gasteiger partial charge in [0, 0.05) is 10.9 Å². The van der Waals surface area contributed by atoms with Crippen molar-refractivity contribution in [2.24, 2.45) is 0 Å². The van der Waals surface area contributed by atoms with E-state index in [1.807, 2.05) is 6.55 Å². The summed E-state index contributed by atoms with van der Waals surface area (Å²) < 4.78 is 0. The normalized spacial score (nSPS) is 14.5. The first-order valence-electron chi connectivity index (χ1n) is 1.68. The van der Waals surface area contributed by atoms with Gasteiger partial charge in [0.2, 0.25) is 0 Å². The molecule has 1 atom stereocenters. The van der Waals surface area contributed by atoms with Crippen LogP contribution in [0.5, 0.6) is 0 Å². The molecule has 0 rings (SSSR count). The molecule has 0 aromatic carbocycles. The van der Waals surface area contributed by atoms with Crippen molar-refractivity contribution in [3.8, 4) is 0 Å². The van der Waals surface area contributed by atoms with Crippen LogP contribution in [0.25, 0.3) is 0 Å². The molecular formula is C3H6Cl2Si. The molecule has 0 saturated heterocycles. The SMILES string of the molecule is C[Si]C(Cl)CCl. The maximum atomic E-state index is 5.53. The molecule has 0 aromatic rings. The Morgan fingerprint density at radius 1 is 1.83 bits per heavy atom. The van der Waals surface area contributed by atoms with Gasteiger partial charge < -0.3 is 0 Å². The molecule has 1 unspecified atom stereocenters. The van der Waals surface area contributed by atoms with Crippen LogP contribution in [-0.4, -0.2) is 20.4 Å². The molecule has 0 aliphatic carbocycles. The van der Waals surface area contributed by atoms with Crippen LogP contribution in [0.2, 0.25) is 6.55 Å². The van der Waals surface area contributed by atoms with Crippen molar-refractivity contribution in [2.75, 3.05) is 5.88 Å². The number of hydrogen-bond acceptors (Lipinski definition) is 0. The molecule has 0 aliphatic rings. The minimum atomic E-state index is 0.201. The zero-order chi connectivity index (χ0) is 4.99. The third-order valence-corrected chi connectivity index (χ3v) is 2.81. The van der Waals surface area contributed by atoms with E-state index >= 15 is 0 Å². The van der Waals surface area contributed by atoms with Crippen molar-refractivity contribution in [3.05, 3.63) is 0 Å². The number of alkyl halides is 2. The zero-order valence-electron chi connectivity index (χ0n) is 3.54. The van der Waals surface area contributed by atoms with Crippen LogP contribution >= 0.6 is 23.2 Å². The summed E-state index contributed by atoms with van der Waals surface area (Å²) in [6.45, 7) is 2.04. The van der Waals surface area contributed by atoms with Gasteiger partial charge in [-0.1, -0.05) is 6.55 Å². The maximum Gasteiger partial charge on any atom is 0.0601 e. The highest BCUT2D eigenvalue weighted by atomic mass is 35.5. The number of halogens is 2. The summed E-state index contributed by atoms with van der Waals surface area (Å²) in [5.74, 6) is 0.580. The predicted molar refractivity (Wildman–Crippen MR) is 32.0 cm³/mol. The molecule has 3 heteroatoms. The van der Waals surface area contributed by atoms with E-state index in [2.05, 4.69) is 0 Å². The summed E-state index contributed by atoms with van der Waals surface area (Å²) in [4.78, 5) is 0. The Labute approximate surface area is 50.7 Å². The van der Waals surface area contributed by atoms with E-state index in [4.69, 9.17) is 23.2 Å². The lowest BCUT2D eigenvalue weighted by Crippen LogP contribution is -2.05. The highest BCUT2D eigenvalue weighted by Crippen LogP contribution is 1.93. The molecule has 6 heavy (non-hydrogen) atoms. The first-order valence-corrected chi connectivity index (χ1v) is 4.23. The number of rotatable bonds is 2. The lowest BCUT2D eigenvalue weighted by atomic mass is 10.9. The van der Waals surface area contributed by atoms with E-state index in [0.29, 0.717) is 5.88 Å². The Bertz CT molecular complexity index is 28.0. The smallest absolute Gasteiger partial charge is 0.0601 e. The molecule has 0 aromatic heterocycles. The van der Waals surface area contributed by atoms with Crippen molar-refractivity contribution in [2.45, 2.75) is 11.5 Å². The van der Waals surface area contributed by atoms with Gasteiger partial charge in [-0.15, -0.1) is 23.2 Å². The van der Waals surface area contributed by atoms with Gasteiger partial charge in [0.05, 0.1) is 9.52 Å². The second-order valence-corrected chi connectivity index (χ2v) is 3.39. The largest absolute Gasteiger partial charge is 0.126 e. The van der Waals surface area contributed by atoms with Gasteiger partial charge in [-0.3, -0.25) is 0 Å².